The molecule has 0 aliphatic carbocycles. The van der Waals surface area contributed by atoms with Crippen LogP contribution in [0.4, 0.5) is 10.5 Å². The van der Waals surface area contributed by atoms with E-state index in [1.54, 1.807) is 13.0 Å². The van der Waals surface area contributed by atoms with E-state index in [1.165, 1.54) is 6.92 Å². The number of aromatic nitrogens is 1. The second-order valence-corrected chi connectivity index (χ2v) is 7.69. The Kier molecular flexibility index (Phi) is 6.12. The number of nitrogens with zero attached hydrogens (tertiary/aromatic N) is 3. The standard InChI is InChI=1S/C21H23N3O4S/c1-5-28-20(26)14(2)24-19(25)18(29-21(24)27)13-17-7-6-12-23(17)16-10-8-15(9-11-16)22(3)4/h6-14H,5H2,1-4H3/b18-13+. The van der Waals surface area contributed by atoms with Gasteiger partial charge in [0.25, 0.3) is 11.1 Å². The molecule has 2 heterocycles. The number of rotatable bonds is 6. The zero-order valence-electron chi connectivity index (χ0n) is 16.8. The first-order valence-electron chi connectivity index (χ1n) is 9.22. The molecule has 1 fully saturated rings. The lowest BCUT2D eigenvalue weighted by Gasteiger charge is -2.19. The van der Waals surface area contributed by atoms with Gasteiger partial charge in [-0.25, -0.2) is 4.79 Å². The number of imide groups is 1. The van der Waals surface area contributed by atoms with E-state index in [-0.39, 0.29) is 11.5 Å². The molecule has 2 amide bonds. The van der Waals surface area contributed by atoms with Gasteiger partial charge in [-0.3, -0.25) is 14.5 Å². The third-order valence-corrected chi connectivity index (χ3v) is 5.43. The summed E-state index contributed by atoms with van der Waals surface area (Å²) in [6.07, 6.45) is 3.56. The molecule has 0 saturated carbocycles. The van der Waals surface area contributed by atoms with Crippen molar-refractivity contribution in [2.45, 2.75) is 19.9 Å². The SMILES string of the molecule is CCOC(=O)C(C)N1C(=O)S/C(=C/c2cccn2-c2ccc(N(C)C)cc2)C1=O. The zero-order valence-corrected chi connectivity index (χ0v) is 17.6. The molecule has 3 rings (SSSR count). The molecule has 152 valence electrons. The number of amides is 2. The third-order valence-electron chi connectivity index (χ3n) is 4.54. The minimum Gasteiger partial charge on any atom is -0.464 e. The van der Waals surface area contributed by atoms with Crippen LogP contribution in [0, 0.1) is 0 Å². The summed E-state index contributed by atoms with van der Waals surface area (Å²) in [4.78, 5) is 40.3. The van der Waals surface area contributed by atoms with Gasteiger partial charge >= 0.3 is 5.97 Å². The Labute approximate surface area is 173 Å². The molecule has 1 unspecified atom stereocenters. The lowest BCUT2D eigenvalue weighted by atomic mass is 10.2. The highest BCUT2D eigenvalue weighted by atomic mass is 32.2. The van der Waals surface area contributed by atoms with E-state index in [9.17, 15) is 14.4 Å². The minimum absolute atomic E-state index is 0.190. The highest BCUT2D eigenvalue weighted by Gasteiger charge is 2.41. The molecule has 29 heavy (non-hydrogen) atoms. The molecule has 1 aliphatic heterocycles. The average molecular weight is 413 g/mol. The summed E-state index contributed by atoms with van der Waals surface area (Å²) in [5, 5.41) is -0.477. The monoisotopic (exact) mass is 413 g/mol. The van der Waals surface area contributed by atoms with Crippen molar-refractivity contribution in [2.75, 3.05) is 25.6 Å². The molecule has 7 nitrogen and oxygen atoms in total. The van der Waals surface area contributed by atoms with E-state index in [0.29, 0.717) is 0 Å². The molecular weight excluding hydrogens is 390 g/mol. The number of carbonyl (C=O) groups excluding carboxylic acids is 3. The van der Waals surface area contributed by atoms with Crippen LogP contribution in [0.3, 0.4) is 0 Å². The fourth-order valence-corrected chi connectivity index (χ4v) is 3.87. The van der Waals surface area contributed by atoms with Crippen LogP contribution in [0.15, 0.2) is 47.5 Å². The third kappa shape index (κ3) is 4.22. The average Bonchev–Trinajstić information content (AvgIpc) is 3.26. The van der Waals surface area contributed by atoms with Gasteiger partial charge in [-0.1, -0.05) is 0 Å². The molecule has 1 atom stereocenters. The van der Waals surface area contributed by atoms with Crippen molar-refractivity contribution >= 4 is 40.6 Å². The molecule has 2 aromatic rings. The van der Waals surface area contributed by atoms with Gasteiger partial charge in [-0.2, -0.15) is 0 Å². The van der Waals surface area contributed by atoms with Crippen molar-refractivity contribution in [2.24, 2.45) is 0 Å². The van der Waals surface area contributed by atoms with Gasteiger partial charge in [0.1, 0.15) is 6.04 Å². The number of hydrogen-bond acceptors (Lipinski definition) is 6. The Morgan fingerprint density at radius 2 is 1.90 bits per heavy atom. The van der Waals surface area contributed by atoms with E-state index in [2.05, 4.69) is 0 Å². The van der Waals surface area contributed by atoms with Crippen LogP contribution in [0.2, 0.25) is 0 Å². The van der Waals surface area contributed by atoms with Gasteiger partial charge < -0.3 is 14.2 Å². The highest BCUT2D eigenvalue weighted by molar-refractivity contribution is 8.18. The normalized spacial score (nSPS) is 16.4. The summed E-state index contributed by atoms with van der Waals surface area (Å²) in [6, 6.07) is 10.8. The topological polar surface area (TPSA) is 71.8 Å². The number of carbonyl (C=O) groups is 3. The van der Waals surface area contributed by atoms with E-state index in [4.69, 9.17) is 4.74 Å². The Morgan fingerprint density at radius 1 is 1.21 bits per heavy atom. The predicted molar refractivity (Wildman–Crippen MR) is 114 cm³/mol. The lowest BCUT2D eigenvalue weighted by Crippen LogP contribution is -2.42. The minimum atomic E-state index is -0.960. The summed E-state index contributed by atoms with van der Waals surface area (Å²) in [5.41, 5.74) is 2.78. The fourth-order valence-electron chi connectivity index (χ4n) is 2.97. The van der Waals surface area contributed by atoms with E-state index in [1.807, 2.05) is 66.2 Å². The molecule has 8 heteroatoms. The van der Waals surface area contributed by atoms with Crippen LogP contribution in [0.25, 0.3) is 11.8 Å². The van der Waals surface area contributed by atoms with Crippen molar-refractivity contribution in [3.8, 4) is 5.69 Å². The molecule has 1 aromatic heterocycles. The summed E-state index contributed by atoms with van der Waals surface area (Å²) in [7, 11) is 3.95. The van der Waals surface area contributed by atoms with Crippen molar-refractivity contribution in [1.29, 1.82) is 0 Å². The van der Waals surface area contributed by atoms with Crippen LogP contribution in [-0.2, 0) is 14.3 Å². The maximum atomic E-state index is 12.8. The van der Waals surface area contributed by atoms with Crippen molar-refractivity contribution in [3.63, 3.8) is 0 Å². The first kappa shape index (κ1) is 20.7. The highest BCUT2D eigenvalue weighted by Crippen LogP contribution is 2.34. The van der Waals surface area contributed by atoms with E-state index >= 15 is 0 Å². The van der Waals surface area contributed by atoms with Crippen LogP contribution < -0.4 is 4.90 Å². The Morgan fingerprint density at radius 3 is 2.52 bits per heavy atom. The second-order valence-electron chi connectivity index (χ2n) is 6.69. The second kappa shape index (κ2) is 8.57. The summed E-state index contributed by atoms with van der Waals surface area (Å²) in [6.45, 7) is 3.36. The molecule has 0 radical (unpaired) electrons. The maximum Gasteiger partial charge on any atom is 0.329 e. The van der Waals surface area contributed by atoms with Crippen LogP contribution in [0.1, 0.15) is 19.5 Å². The summed E-state index contributed by atoms with van der Waals surface area (Å²) < 4.78 is 6.87. The summed E-state index contributed by atoms with van der Waals surface area (Å²) >= 11 is 0.825. The number of anilines is 1. The number of benzene rings is 1. The predicted octanol–water partition coefficient (Wildman–Crippen LogP) is 3.53. The first-order chi connectivity index (χ1) is 13.8. The Hall–Kier alpha value is -3.00. The van der Waals surface area contributed by atoms with Gasteiger partial charge in [-0.05, 0) is 68.1 Å². The molecule has 0 N–H and O–H groups in total. The number of ether oxygens (including phenoxy) is 1. The van der Waals surface area contributed by atoms with E-state index in [0.717, 1.165) is 33.7 Å². The van der Waals surface area contributed by atoms with Crippen molar-refractivity contribution < 1.29 is 19.1 Å². The molecule has 0 bridgehead atoms. The van der Waals surface area contributed by atoms with Crippen LogP contribution >= 0.6 is 11.8 Å². The smallest absolute Gasteiger partial charge is 0.329 e. The van der Waals surface area contributed by atoms with Gasteiger partial charge in [0.2, 0.25) is 0 Å². The molecular formula is C21H23N3O4S. The molecule has 1 aliphatic rings. The number of hydrogen-bond donors (Lipinski definition) is 0. The fraction of sp³-hybridized carbons (Fsp3) is 0.286. The maximum absolute atomic E-state index is 12.8. The van der Waals surface area contributed by atoms with Gasteiger partial charge in [0, 0.05) is 37.4 Å². The van der Waals surface area contributed by atoms with Crippen LogP contribution in [-0.4, -0.2) is 53.3 Å². The van der Waals surface area contributed by atoms with E-state index < -0.39 is 23.2 Å². The number of thioether (sulfide) groups is 1. The quantitative estimate of drug-likeness (QED) is 0.533. The van der Waals surface area contributed by atoms with Gasteiger partial charge in [0.15, 0.2) is 0 Å². The van der Waals surface area contributed by atoms with Gasteiger partial charge in [0.05, 0.1) is 11.5 Å². The molecule has 1 saturated heterocycles. The van der Waals surface area contributed by atoms with Crippen LogP contribution in [0.5, 0.6) is 0 Å². The number of esters is 1. The summed E-state index contributed by atoms with van der Waals surface area (Å²) in [5.74, 6) is -1.09. The lowest BCUT2D eigenvalue weighted by molar-refractivity contribution is -0.150. The van der Waals surface area contributed by atoms with Crippen molar-refractivity contribution in [3.05, 3.63) is 53.2 Å². The van der Waals surface area contributed by atoms with Gasteiger partial charge in [-0.15, -0.1) is 0 Å². The first-order valence-corrected chi connectivity index (χ1v) is 10.0. The zero-order chi connectivity index (χ0) is 21.1. The van der Waals surface area contributed by atoms with Crippen molar-refractivity contribution in [1.82, 2.24) is 9.47 Å². The molecule has 0 spiro atoms. The Bertz CT molecular complexity index is 963. The molecule has 1 aromatic carbocycles. The largest absolute Gasteiger partial charge is 0.464 e. The Balaban J connectivity index is 1.87.